The second kappa shape index (κ2) is 5.04. The summed E-state index contributed by atoms with van der Waals surface area (Å²) in [6.07, 6.45) is 2.18. The van der Waals surface area contributed by atoms with Gasteiger partial charge in [-0.1, -0.05) is 0 Å². The van der Waals surface area contributed by atoms with Gasteiger partial charge in [-0.3, -0.25) is 9.59 Å². The number of rotatable bonds is 2. The third-order valence-corrected chi connectivity index (χ3v) is 3.78. The van der Waals surface area contributed by atoms with Gasteiger partial charge < -0.3 is 14.7 Å². The lowest BCUT2D eigenvalue weighted by atomic mass is 9.95. The number of nitrogens with zero attached hydrogens (tertiary/aromatic N) is 1. The highest BCUT2D eigenvalue weighted by molar-refractivity contribution is 5.81. The lowest BCUT2D eigenvalue weighted by Crippen LogP contribution is -2.46. The van der Waals surface area contributed by atoms with E-state index in [0.717, 1.165) is 12.8 Å². The number of hydrogen-bond donors (Lipinski definition) is 1. The molecule has 5 heteroatoms. The highest BCUT2D eigenvalue weighted by Crippen LogP contribution is 2.25. The van der Waals surface area contributed by atoms with E-state index in [1.165, 1.54) is 0 Å². The van der Waals surface area contributed by atoms with Crippen LogP contribution in [0, 0.1) is 11.8 Å². The normalized spacial score (nSPS) is 33.7. The number of amides is 1. The quantitative estimate of drug-likeness (QED) is 0.774. The predicted molar refractivity (Wildman–Crippen MR) is 60.5 cm³/mol. The number of likely N-dealkylation sites (tertiary alicyclic amines) is 1. The number of carboxylic acids is 1. The molecule has 3 atom stereocenters. The van der Waals surface area contributed by atoms with E-state index >= 15 is 0 Å². The van der Waals surface area contributed by atoms with E-state index in [-0.39, 0.29) is 17.9 Å². The van der Waals surface area contributed by atoms with E-state index in [1.54, 1.807) is 4.90 Å². The monoisotopic (exact) mass is 241 g/mol. The first-order valence-corrected chi connectivity index (χ1v) is 6.23. The summed E-state index contributed by atoms with van der Waals surface area (Å²) < 4.78 is 5.39. The second-order valence-electron chi connectivity index (χ2n) is 4.93. The van der Waals surface area contributed by atoms with Gasteiger partial charge in [0.05, 0.1) is 17.9 Å². The molecule has 2 aliphatic rings. The molecule has 0 aromatic rings. The van der Waals surface area contributed by atoms with Gasteiger partial charge >= 0.3 is 5.97 Å². The summed E-state index contributed by atoms with van der Waals surface area (Å²) in [6, 6.07) is 0. The maximum atomic E-state index is 12.2. The Kier molecular flexibility index (Phi) is 3.66. The van der Waals surface area contributed by atoms with Crippen molar-refractivity contribution in [3.05, 3.63) is 0 Å². The maximum absolute atomic E-state index is 12.2. The standard InChI is InChI=1S/C12H19NO4/c1-8-10(4-6-17-8)11(14)13-5-2-3-9(7-13)12(15)16/h8-10H,2-7H2,1H3,(H,15,16)/t8?,9-,10?/m1/s1. The Balaban J connectivity index is 1.97. The molecule has 2 rings (SSSR count). The van der Waals surface area contributed by atoms with Crippen LogP contribution in [0.3, 0.4) is 0 Å². The molecular weight excluding hydrogens is 222 g/mol. The van der Waals surface area contributed by atoms with Crippen LogP contribution in [0.25, 0.3) is 0 Å². The third-order valence-electron chi connectivity index (χ3n) is 3.78. The van der Waals surface area contributed by atoms with E-state index in [1.807, 2.05) is 6.92 Å². The van der Waals surface area contributed by atoms with Crippen molar-refractivity contribution in [3.63, 3.8) is 0 Å². The first kappa shape index (κ1) is 12.4. The molecule has 96 valence electrons. The van der Waals surface area contributed by atoms with Gasteiger partial charge in [-0.25, -0.2) is 0 Å². The van der Waals surface area contributed by atoms with Gasteiger partial charge in [-0.2, -0.15) is 0 Å². The van der Waals surface area contributed by atoms with Gasteiger partial charge in [0.25, 0.3) is 0 Å². The zero-order valence-electron chi connectivity index (χ0n) is 10.1. The van der Waals surface area contributed by atoms with Gasteiger partial charge in [0, 0.05) is 19.7 Å². The van der Waals surface area contributed by atoms with Crippen molar-refractivity contribution >= 4 is 11.9 Å². The van der Waals surface area contributed by atoms with Crippen molar-refractivity contribution in [1.29, 1.82) is 0 Å². The molecule has 17 heavy (non-hydrogen) atoms. The van der Waals surface area contributed by atoms with E-state index in [9.17, 15) is 9.59 Å². The van der Waals surface area contributed by atoms with Crippen molar-refractivity contribution < 1.29 is 19.4 Å². The van der Waals surface area contributed by atoms with Crippen LogP contribution >= 0.6 is 0 Å². The molecule has 0 bridgehead atoms. The van der Waals surface area contributed by atoms with Gasteiger partial charge in [0.1, 0.15) is 0 Å². The van der Waals surface area contributed by atoms with E-state index in [0.29, 0.717) is 26.1 Å². The van der Waals surface area contributed by atoms with Gasteiger partial charge in [-0.15, -0.1) is 0 Å². The largest absolute Gasteiger partial charge is 0.481 e. The smallest absolute Gasteiger partial charge is 0.308 e. The fourth-order valence-corrected chi connectivity index (χ4v) is 2.67. The molecule has 0 spiro atoms. The molecule has 0 aromatic heterocycles. The molecule has 1 N–H and O–H groups in total. The fraction of sp³-hybridized carbons (Fsp3) is 0.833. The number of hydrogen-bond acceptors (Lipinski definition) is 3. The molecule has 2 unspecified atom stereocenters. The molecule has 2 fully saturated rings. The minimum absolute atomic E-state index is 0.0345. The zero-order valence-corrected chi connectivity index (χ0v) is 10.1. The number of carboxylic acid groups (broad SMARTS) is 1. The van der Waals surface area contributed by atoms with Crippen molar-refractivity contribution in [3.8, 4) is 0 Å². The molecule has 0 aliphatic carbocycles. The highest BCUT2D eigenvalue weighted by Gasteiger charge is 2.36. The minimum Gasteiger partial charge on any atom is -0.481 e. The molecule has 5 nitrogen and oxygen atoms in total. The third kappa shape index (κ3) is 2.60. The Morgan fingerprint density at radius 1 is 1.35 bits per heavy atom. The highest BCUT2D eigenvalue weighted by atomic mass is 16.5. The van der Waals surface area contributed by atoms with Crippen LogP contribution in [0.1, 0.15) is 26.2 Å². The van der Waals surface area contributed by atoms with Crippen LogP contribution in [0.15, 0.2) is 0 Å². The van der Waals surface area contributed by atoms with Gasteiger partial charge in [-0.05, 0) is 26.2 Å². The van der Waals surface area contributed by atoms with Gasteiger partial charge in [0.2, 0.25) is 5.91 Å². The van der Waals surface area contributed by atoms with Crippen LogP contribution in [-0.4, -0.2) is 47.7 Å². The number of ether oxygens (including phenoxy) is 1. The minimum atomic E-state index is -0.793. The Hall–Kier alpha value is -1.10. The summed E-state index contributed by atoms with van der Waals surface area (Å²) >= 11 is 0. The molecule has 0 saturated carbocycles. The molecule has 0 radical (unpaired) electrons. The first-order chi connectivity index (χ1) is 8.09. The predicted octanol–water partition coefficient (Wildman–Crippen LogP) is 0.735. The molecule has 1 amide bonds. The van der Waals surface area contributed by atoms with E-state index < -0.39 is 11.9 Å². The summed E-state index contributed by atoms with van der Waals surface area (Å²) in [5.74, 6) is -1.20. The number of aliphatic carboxylic acids is 1. The van der Waals surface area contributed by atoms with Crippen LogP contribution in [0.2, 0.25) is 0 Å². The Labute approximate surface area is 101 Å². The lowest BCUT2D eigenvalue weighted by Gasteiger charge is -2.33. The van der Waals surface area contributed by atoms with Crippen molar-refractivity contribution in [1.82, 2.24) is 4.90 Å². The Morgan fingerprint density at radius 2 is 2.12 bits per heavy atom. The fourth-order valence-electron chi connectivity index (χ4n) is 2.67. The topological polar surface area (TPSA) is 66.8 Å². The SMILES string of the molecule is CC1OCCC1C(=O)N1CCC[C@@H](C(=O)O)C1. The molecular formula is C12H19NO4. The zero-order chi connectivity index (χ0) is 12.4. The summed E-state index contributed by atoms with van der Waals surface area (Å²) in [4.78, 5) is 24.9. The van der Waals surface area contributed by atoms with Gasteiger partial charge in [0.15, 0.2) is 0 Å². The Morgan fingerprint density at radius 3 is 2.71 bits per heavy atom. The molecule has 0 aromatic carbocycles. The molecule has 2 heterocycles. The van der Waals surface area contributed by atoms with Crippen LogP contribution in [0.4, 0.5) is 0 Å². The van der Waals surface area contributed by atoms with E-state index in [2.05, 4.69) is 0 Å². The van der Waals surface area contributed by atoms with Crippen LogP contribution in [-0.2, 0) is 14.3 Å². The number of carbonyl (C=O) groups is 2. The lowest BCUT2D eigenvalue weighted by molar-refractivity contribution is -0.147. The van der Waals surface area contributed by atoms with Crippen molar-refractivity contribution in [2.45, 2.75) is 32.3 Å². The number of carbonyl (C=O) groups excluding carboxylic acids is 1. The van der Waals surface area contributed by atoms with Crippen LogP contribution in [0.5, 0.6) is 0 Å². The molecule has 2 aliphatic heterocycles. The molecule has 2 saturated heterocycles. The van der Waals surface area contributed by atoms with Crippen molar-refractivity contribution in [2.75, 3.05) is 19.7 Å². The van der Waals surface area contributed by atoms with E-state index in [4.69, 9.17) is 9.84 Å². The van der Waals surface area contributed by atoms with Crippen LogP contribution < -0.4 is 0 Å². The summed E-state index contributed by atoms with van der Waals surface area (Å²) in [5.41, 5.74) is 0. The second-order valence-corrected chi connectivity index (χ2v) is 4.93. The van der Waals surface area contributed by atoms with Crippen molar-refractivity contribution in [2.24, 2.45) is 11.8 Å². The first-order valence-electron chi connectivity index (χ1n) is 6.23. The summed E-state index contributed by atoms with van der Waals surface area (Å²) in [7, 11) is 0. The average Bonchev–Trinajstić information content (AvgIpc) is 2.74. The summed E-state index contributed by atoms with van der Waals surface area (Å²) in [6.45, 7) is 3.59. The number of piperidine rings is 1. The Bertz CT molecular complexity index is 318. The summed E-state index contributed by atoms with van der Waals surface area (Å²) in [5, 5.41) is 8.99. The average molecular weight is 241 g/mol. The maximum Gasteiger partial charge on any atom is 0.308 e.